The van der Waals surface area contributed by atoms with E-state index in [1.807, 2.05) is 62.5 Å². The molecule has 8 nitrogen and oxygen atoms in total. The van der Waals surface area contributed by atoms with Crippen LogP contribution in [0.15, 0.2) is 53.8 Å². The van der Waals surface area contributed by atoms with Gasteiger partial charge in [-0.1, -0.05) is 23.9 Å². The average molecular weight is 437 g/mol. The second-order valence-electron chi connectivity index (χ2n) is 7.24. The van der Waals surface area contributed by atoms with Gasteiger partial charge in [0.1, 0.15) is 5.75 Å². The zero-order valence-corrected chi connectivity index (χ0v) is 18.4. The molecule has 2 heterocycles. The average Bonchev–Trinajstić information content (AvgIpc) is 3.40. The van der Waals surface area contributed by atoms with Crippen molar-refractivity contribution in [2.24, 2.45) is 0 Å². The number of H-pyrrole nitrogens is 1. The number of tetrazole rings is 1. The van der Waals surface area contributed by atoms with E-state index in [0.29, 0.717) is 11.7 Å². The maximum atomic E-state index is 12.6. The van der Waals surface area contributed by atoms with E-state index in [2.05, 4.69) is 25.8 Å². The Labute approximate surface area is 184 Å². The first-order valence-electron chi connectivity index (χ1n) is 9.99. The van der Waals surface area contributed by atoms with Gasteiger partial charge >= 0.3 is 0 Å². The summed E-state index contributed by atoms with van der Waals surface area (Å²) in [4.78, 5) is 15.9. The number of benzene rings is 2. The predicted molar refractivity (Wildman–Crippen MR) is 121 cm³/mol. The van der Waals surface area contributed by atoms with Crippen molar-refractivity contribution in [1.82, 2.24) is 30.5 Å². The number of carbonyl (C=O) groups is 1. The minimum atomic E-state index is -0.332. The van der Waals surface area contributed by atoms with Crippen molar-refractivity contribution in [3.63, 3.8) is 0 Å². The van der Waals surface area contributed by atoms with E-state index in [1.165, 1.54) is 11.8 Å². The van der Waals surface area contributed by atoms with Gasteiger partial charge < -0.3 is 15.0 Å². The summed E-state index contributed by atoms with van der Waals surface area (Å²) in [7, 11) is 1.65. The summed E-state index contributed by atoms with van der Waals surface area (Å²) in [5.74, 6) is 0.762. The van der Waals surface area contributed by atoms with Crippen molar-refractivity contribution in [3.8, 4) is 11.4 Å². The van der Waals surface area contributed by atoms with Crippen LogP contribution in [0, 0.1) is 6.92 Å². The van der Waals surface area contributed by atoms with Gasteiger partial charge in [0.2, 0.25) is 11.1 Å². The molecule has 0 unspecified atom stereocenters. The van der Waals surface area contributed by atoms with Gasteiger partial charge in [-0.3, -0.25) is 4.79 Å². The van der Waals surface area contributed by atoms with Crippen molar-refractivity contribution in [1.29, 1.82) is 0 Å². The molecule has 0 bridgehead atoms. The van der Waals surface area contributed by atoms with Crippen molar-refractivity contribution in [3.05, 3.63) is 59.8 Å². The molecule has 2 aromatic carbocycles. The monoisotopic (exact) mass is 436 g/mol. The van der Waals surface area contributed by atoms with E-state index in [9.17, 15) is 4.79 Å². The fourth-order valence-corrected chi connectivity index (χ4v) is 4.18. The molecule has 1 amide bonds. The Kier molecular flexibility index (Phi) is 6.22. The quantitative estimate of drug-likeness (QED) is 0.411. The fourth-order valence-electron chi connectivity index (χ4n) is 3.35. The van der Waals surface area contributed by atoms with Crippen LogP contribution < -0.4 is 10.1 Å². The number of ether oxygens (including phenoxy) is 1. The van der Waals surface area contributed by atoms with Crippen LogP contribution in [0.1, 0.15) is 18.1 Å². The van der Waals surface area contributed by atoms with Gasteiger partial charge in [0.05, 0.1) is 18.0 Å². The number of carbonyl (C=O) groups excluding carboxylic acids is 1. The highest BCUT2D eigenvalue weighted by Gasteiger charge is 2.19. The van der Waals surface area contributed by atoms with Crippen LogP contribution in [0.25, 0.3) is 16.6 Å². The minimum Gasteiger partial charge on any atom is -0.497 e. The number of rotatable bonds is 8. The lowest BCUT2D eigenvalue weighted by atomic mass is 10.1. The van der Waals surface area contributed by atoms with Crippen molar-refractivity contribution >= 4 is 28.6 Å². The van der Waals surface area contributed by atoms with Gasteiger partial charge in [-0.15, -0.1) is 5.10 Å². The molecule has 1 atom stereocenters. The lowest BCUT2D eigenvalue weighted by molar-refractivity contribution is -0.120. The number of aromatic amines is 1. The summed E-state index contributed by atoms with van der Waals surface area (Å²) in [5, 5.41) is 16.3. The Hall–Kier alpha value is -3.33. The molecule has 4 aromatic rings. The molecule has 0 aliphatic rings. The predicted octanol–water partition coefficient (Wildman–Crippen LogP) is 3.30. The molecule has 0 saturated carbocycles. The van der Waals surface area contributed by atoms with Gasteiger partial charge in [-0.25, -0.2) is 0 Å². The molecule has 0 aliphatic heterocycles. The van der Waals surface area contributed by atoms with E-state index >= 15 is 0 Å². The molecule has 4 rings (SSSR count). The number of amides is 1. The molecule has 160 valence electrons. The van der Waals surface area contributed by atoms with Crippen LogP contribution in [-0.2, 0) is 11.2 Å². The Morgan fingerprint density at radius 1 is 1.29 bits per heavy atom. The number of nitrogens with one attached hydrogen (secondary N) is 2. The SMILES string of the molecule is COc1ccc2c(CCNC(=O)[C@@H](C)Sc3nnnn3-c3cccc(C)c3)c[nH]c2c1. The lowest BCUT2D eigenvalue weighted by Crippen LogP contribution is -2.32. The maximum Gasteiger partial charge on any atom is 0.233 e. The van der Waals surface area contributed by atoms with Crippen LogP contribution in [0.3, 0.4) is 0 Å². The number of nitrogens with zero attached hydrogens (tertiary/aromatic N) is 4. The zero-order valence-electron chi connectivity index (χ0n) is 17.6. The standard InChI is InChI=1S/C22H24N6O2S/c1-14-5-4-6-17(11-14)28-22(25-26-27-28)31-15(2)21(29)23-10-9-16-13-24-20-12-18(30-3)7-8-19(16)20/h4-8,11-13,15,24H,9-10H2,1-3H3,(H,23,29)/t15-/m1/s1. The number of fused-ring (bicyclic) bond motifs is 1. The second-order valence-corrected chi connectivity index (χ2v) is 8.55. The number of hydrogen-bond acceptors (Lipinski definition) is 6. The molecule has 0 saturated heterocycles. The highest BCUT2D eigenvalue weighted by Crippen LogP contribution is 2.24. The number of methoxy groups -OCH3 is 1. The minimum absolute atomic E-state index is 0.0506. The number of hydrogen-bond donors (Lipinski definition) is 2. The fraction of sp³-hybridized carbons (Fsp3) is 0.273. The highest BCUT2D eigenvalue weighted by atomic mass is 32.2. The van der Waals surface area contributed by atoms with Gasteiger partial charge in [0.15, 0.2) is 0 Å². The normalized spacial score (nSPS) is 12.1. The van der Waals surface area contributed by atoms with Gasteiger partial charge in [-0.05, 0) is 66.1 Å². The molecule has 2 aromatic heterocycles. The van der Waals surface area contributed by atoms with Crippen LogP contribution in [0.4, 0.5) is 0 Å². The first-order chi connectivity index (χ1) is 15.0. The first kappa shape index (κ1) is 20.9. The summed E-state index contributed by atoms with van der Waals surface area (Å²) in [5.41, 5.74) is 4.16. The van der Waals surface area contributed by atoms with Crippen LogP contribution in [0.2, 0.25) is 0 Å². The number of aryl methyl sites for hydroxylation is 1. The van der Waals surface area contributed by atoms with Crippen LogP contribution >= 0.6 is 11.8 Å². The Balaban J connectivity index is 1.34. The van der Waals surface area contributed by atoms with E-state index in [1.54, 1.807) is 11.8 Å². The third-order valence-corrected chi connectivity index (χ3v) is 6.04. The molecular formula is C22H24N6O2S. The topological polar surface area (TPSA) is 97.7 Å². The Morgan fingerprint density at radius 2 is 2.16 bits per heavy atom. The van der Waals surface area contributed by atoms with Crippen LogP contribution in [-0.4, -0.2) is 50.0 Å². The summed E-state index contributed by atoms with van der Waals surface area (Å²) in [6.07, 6.45) is 2.71. The first-order valence-corrected chi connectivity index (χ1v) is 10.9. The van der Waals surface area contributed by atoms with Crippen molar-refractivity contribution in [2.45, 2.75) is 30.7 Å². The zero-order chi connectivity index (χ0) is 21.8. The molecular weight excluding hydrogens is 412 g/mol. The largest absolute Gasteiger partial charge is 0.497 e. The van der Waals surface area contributed by atoms with E-state index in [-0.39, 0.29) is 11.2 Å². The van der Waals surface area contributed by atoms with E-state index in [0.717, 1.165) is 39.9 Å². The third kappa shape index (κ3) is 4.72. The number of aromatic nitrogens is 5. The molecule has 0 fully saturated rings. The van der Waals surface area contributed by atoms with E-state index < -0.39 is 0 Å². The Morgan fingerprint density at radius 3 is 2.97 bits per heavy atom. The number of thioether (sulfide) groups is 1. The van der Waals surface area contributed by atoms with Crippen LogP contribution in [0.5, 0.6) is 5.75 Å². The second kappa shape index (κ2) is 9.22. The molecule has 0 aliphatic carbocycles. The van der Waals surface area contributed by atoms with Crippen molar-refractivity contribution in [2.75, 3.05) is 13.7 Å². The third-order valence-electron chi connectivity index (χ3n) is 5.01. The Bertz CT molecular complexity index is 1200. The molecule has 9 heteroatoms. The van der Waals surface area contributed by atoms with Gasteiger partial charge in [0, 0.05) is 29.7 Å². The van der Waals surface area contributed by atoms with Gasteiger partial charge in [-0.2, -0.15) is 4.68 Å². The van der Waals surface area contributed by atoms with E-state index in [4.69, 9.17) is 4.74 Å². The molecule has 31 heavy (non-hydrogen) atoms. The lowest BCUT2D eigenvalue weighted by Gasteiger charge is -2.12. The maximum absolute atomic E-state index is 12.6. The summed E-state index contributed by atoms with van der Waals surface area (Å²) in [6.45, 7) is 4.42. The van der Waals surface area contributed by atoms with Gasteiger partial charge in [0.25, 0.3) is 0 Å². The molecule has 2 N–H and O–H groups in total. The highest BCUT2D eigenvalue weighted by molar-refractivity contribution is 8.00. The smallest absolute Gasteiger partial charge is 0.233 e. The molecule has 0 spiro atoms. The summed E-state index contributed by atoms with van der Waals surface area (Å²) >= 11 is 1.33. The van der Waals surface area contributed by atoms with Crippen molar-refractivity contribution < 1.29 is 9.53 Å². The molecule has 0 radical (unpaired) electrons. The summed E-state index contributed by atoms with van der Waals surface area (Å²) in [6, 6.07) is 13.9. The summed E-state index contributed by atoms with van der Waals surface area (Å²) < 4.78 is 6.92.